The molecule has 2 aromatic carbocycles. The van der Waals surface area contributed by atoms with Crippen molar-refractivity contribution in [2.75, 3.05) is 31.6 Å². The Kier molecular flexibility index (Phi) is 10.9. The standard InChI is InChI=1S/C31H39BrClN3O6/c1-8-11-40-24-13-20(12-22(14-24)27(37)34-26-10-9-23(33)15-25(26)32)16-35(28(38)41-30(2,3)4)17-21-18-36(19-21)29(39)42-31(5,6)7/h8-10,12-15,21H,1,11,16-19H2,2-7H3,(H,34,37). The van der Waals surface area contributed by atoms with E-state index in [0.29, 0.717) is 51.7 Å². The number of nitrogens with one attached hydrogen (secondary N) is 1. The molecule has 0 atom stereocenters. The van der Waals surface area contributed by atoms with Gasteiger partial charge in [-0.05, 0) is 99.4 Å². The molecule has 1 heterocycles. The molecular weight excluding hydrogens is 626 g/mol. The maximum atomic E-state index is 13.3. The van der Waals surface area contributed by atoms with Crippen molar-refractivity contribution in [1.29, 1.82) is 0 Å². The predicted octanol–water partition coefficient (Wildman–Crippen LogP) is 7.52. The van der Waals surface area contributed by atoms with Crippen LogP contribution >= 0.6 is 27.5 Å². The molecule has 0 radical (unpaired) electrons. The van der Waals surface area contributed by atoms with Crippen LogP contribution in [0.25, 0.3) is 0 Å². The van der Waals surface area contributed by atoms with Gasteiger partial charge in [0.2, 0.25) is 0 Å². The number of anilines is 1. The quantitative estimate of drug-likeness (QED) is 0.279. The molecule has 11 heteroatoms. The number of ether oxygens (including phenoxy) is 3. The van der Waals surface area contributed by atoms with Crippen molar-refractivity contribution in [2.45, 2.75) is 59.3 Å². The molecule has 9 nitrogen and oxygen atoms in total. The first kappa shape index (κ1) is 33.3. The van der Waals surface area contributed by atoms with Crippen molar-refractivity contribution < 1.29 is 28.6 Å². The fourth-order valence-electron chi connectivity index (χ4n) is 4.13. The molecule has 3 rings (SSSR count). The zero-order valence-electron chi connectivity index (χ0n) is 25.0. The second-order valence-corrected chi connectivity index (χ2v) is 13.4. The summed E-state index contributed by atoms with van der Waals surface area (Å²) < 4.78 is 17.6. The first-order valence-electron chi connectivity index (χ1n) is 13.6. The van der Waals surface area contributed by atoms with Gasteiger partial charge in [-0.15, -0.1) is 0 Å². The Labute approximate surface area is 261 Å². The van der Waals surface area contributed by atoms with Crippen molar-refractivity contribution in [3.63, 3.8) is 0 Å². The van der Waals surface area contributed by atoms with E-state index in [-0.39, 0.29) is 31.1 Å². The van der Waals surface area contributed by atoms with E-state index in [9.17, 15) is 14.4 Å². The number of rotatable bonds is 9. The number of halogens is 2. The number of likely N-dealkylation sites (tertiary alicyclic amines) is 1. The maximum Gasteiger partial charge on any atom is 0.410 e. The Balaban J connectivity index is 1.82. The number of amides is 3. The maximum absolute atomic E-state index is 13.3. The highest BCUT2D eigenvalue weighted by Crippen LogP contribution is 2.28. The summed E-state index contributed by atoms with van der Waals surface area (Å²) in [7, 11) is 0. The molecule has 3 amide bonds. The number of carbonyl (C=O) groups is 3. The van der Waals surface area contributed by atoms with Gasteiger partial charge in [-0.25, -0.2) is 9.59 Å². The van der Waals surface area contributed by atoms with Crippen LogP contribution in [0.1, 0.15) is 57.5 Å². The summed E-state index contributed by atoms with van der Waals surface area (Å²) >= 11 is 9.46. The lowest BCUT2D eigenvalue weighted by Gasteiger charge is -2.42. The Morgan fingerprint density at radius 1 is 1.07 bits per heavy atom. The van der Waals surface area contributed by atoms with Gasteiger partial charge in [0.05, 0.1) is 5.69 Å². The average molecular weight is 665 g/mol. The normalized spacial score (nSPS) is 13.6. The van der Waals surface area contributed by atoms with Crippen LogP contribution in [0.3, 0.4) is 0 Å². The smallest absolute Gasteiger partial charge is 0.410 e. The van der Waals surface area contributed by atoms with Crippen LogP contribution in [0.4, 0.5) is 15.3 Å². The minimum absolute atomic E-state index is 0.0373. The van der Waals surface area contributed by atoms with Crippen molar-refractivity contribution in [2.24, 2.45) is 5.92 Å². The molecule has 1 fully saturated rings. The molecule has 0 spiro atoms. The lowest BCUT2D eigenvalue weighted by atomic mass is 9.99. The molecule has 2 aromatic rings. The minimum Gasteiger partial charge on any atom is -0.490 e. The van der Waals surface area contributed by atoms with Crippen LogP contribution in [-0.2, 0) is 16.0 Å². The van der Waals surface area contributed by atoms with Gasteiger partial charge in [0.25, 0.3) is 5.91 Å². The van der Waals surface area contributed by atoms with Crippen molar-refractivity contribution in [3.8, 4) is 5.75 Å². The summed E-state index contributed by atoms with van der Waals surface area (Å²) in [4.78, 5) is 42.2. The van der Waals surface area contributed by atoms with Crippen LogP contribution in [0.15, 0.2) is 53.5 Å². The summed E-state index contributed by atoms with van der Waals surface area (Å²) in [6.45, 7) is 16.2. The monoisotopic (exact) mass is 663 g/mol. The molecule has 0 aliphatic carbocycles. The summed E-state index contributed by atoms with van der Waals surface area (Å²) in [6, 6.07) is 10.2. The SMILES string of the molecule is C=CCOc1cc(CN(CC2CN(C(=O)OC(C)(C)C)C2)C(=O)OC(C)(C)C)cc(C(=O)Nc2ccc(Cl)cc2Br)c1. The fraction of sp³-hybridized carbons (Fsp3) is 0.452. The second kappa shape index (κ2) is 13.8. The van der Waals surface area contributed by atoms with Gasteiger partial charge in [0.1, 0.15) is 23.6 Å². The van der Waals surface area contributed by atoms with Crippen LogP contribution in [0.2, 0.25) is 5.02 Å². The topological polar surface area (TPSA) is 97.4 Å². The first-order valence-corrected chi connectivity index (χ1v) is 14.8. The third-order valence-corrected chi connectivity index (χ3v) is 6.78. The van der Waals surface area contributed by atoms with E-state index in [2.05, 4.69) is 27.8 Å². The van der Waals surface area contributed by atoms with Gasteiger partial charge < -0.3 is 29.3 Å². The highest BCUT2D eigenvalue weighted by Gasteiger charge is 2.36. The molecular formula is C31H39BrClN3O6. The van der Waals surface area contributed by atoms with Gasteiger partial charge in [0.15, 0.2) is 0 Å². The number of hydrogen-bond donors (Lipinski definition) is 1. The molecule has 0 unspecified atom stereocenters. The van der Waals surface area contributed by atoms with Crippen molar-refractivity contribution in [3.05, 3.63) is 69.7 Å². The molecule has 1 aliphatic rings. The predicted molar refractivity (Wildman–Crippen MR) is 167 cm³/mol. The molecule has 1 saturated heterocycles. The summed E-state index contributed by atoms with van der Waals surface area (Å²) in [5, 5.41) is 3.41. The molecule has 0 saturated carbocycles. The Morgan fingerprint density at radius 3 is 2.33 bits per heavy atom. The molecule has 1 N–H and O–H groups in total. The number of benzene rings is 2. The number of hydrogen-bond acceptors (Lipinski definition) is 6. The van der Waals surface area contributed by atoms with E-state index < -0.39 is 17.3 Å². The van der Waals surface area contributed by atoms with Crippen LogP contribution < -0.4 is 10.1 Å². The van der Waals surface area contributed by atoms with Gasteiger partial charge in [-0.2, -0.15) is 0 Å². The van der Waals surface area contributed by atoms with Crippen molar-refractivity contribution >= 4 is 51.3 Å². The zero-order chi connectivity index (χ0) is 31.2. The van der Waals surface area contributed by atoms with Gasteiger partial charge in [0, 0.05) is 47.2 Å². The fourth-order valence-corrected chi connectivity index (χ4v) is 4.91. The summed E-state index contributed by atoms with van der Waals surface area (Å²) in [6.07, 6.45) is 0.737. The largest absolute Gasteiger partial charge is 0.490 e. The lowest BCUT2D eigenvalue weighted by Crippen LogP contribution is -2.55. The number of carbonyl (C=O) groups excluding carboxylic acids is 3. The lowest BCUT2D eigenvalue weighted by molar-refractivity contribution is -0.0123. The Hall–Kier alpha value is -3.24. The van der Waals surface area contributed by atoms with Crippen LogP contribution in [0, 0.1) is 5.92 Å². The Morgan fingerprint density at radius 2 is 1.74 bits per heavy atom. The highest BCUT2D eigenvalue weighted by molar-refractivity contribution is 9.10. The van der Waals surface area contributed by atoms with E-state index in [1.807, 2.05) is 20.8 Å². The van der Waals surface area contributed by atoms with E-state index >= 15 is 0 Å². The van der Waals surface area contributed by atoms with E-state index in [1.165, 1.54) is 0 Å². The van der Waals surface area contributed by atoms with E-state index in [1.54, 1.807) is 73.0 Å². The first-order chi connectivity index (χ1) is 19.5. The molecule has 0 aromatic heterocycles. The third kappa shape index (κ3) is 10.2. The Bertz CT molecular complexity index is 1310. The summed E-state index contributed by atoms with van der Waals surface area (Å²) in [5.74, 6) is 0.131. The van der Waals surface area contributed by atoms with Crippen LogP contribution in [0.5, 0.6) is 5.75 Å². The zero-order valence-corrected chi connectivity index (χ0v) is 27.3. The summed E-state index contributed by atoms with van der Waals surface area (Å²) in [5.41, 5.74) is 0.280. The van der Waals surface area contributed by atoms with Gasteiger partial charge in [-0.1, -0.05) is 24.3 Å². The number of nitrogens with zero attached hydrogens (tertiary/aromatic N) is 2. The molecule has 1 aliphatic heterocycles. The molecule has 42 heavy (non-hydrogen) atoms. The van der Waals surface area contributed by atoms with Gasteiger partial charge in [-0.3, -0.25) is 4.79 Å². The minimum atomic E-state index is -0.705. The second-order valence-electron chi connectivity index (χ2n) is 12.2. The average Bonchev–Trinajstić information content (AvgIpc) is 2.83. The van der Waals surface area contributed by atoms with E-state index in [4.69, 9.17) is 25.8 Å². The molecule has 228 valence electrons. The molecule has 0 bridgehead atoms. The van der Waals surface area contributed by atoms with Crippen molar-refractivity contribution in [1.82, 2.24) is 9.80 Å². The highest BCUT2D eigenvalue weighted by atomic mass is 79.9. The third-order valence-electron chi connectivity index (χ3n) is 5.89. The van der Waals surface area contributed by atoms with Crippen LogP contribution in [-0.4, -0.2) is 65.3 Å². The van der Waals surface area contributed by atoms with Gasteiger partial charge >= 0.3 is 12.2 Å². The van der Waals surface area contributed by atoms with E-state index in [0.717, 1.165) is 0 Å².